The number of carbonyl (C=O) groups is 1. The SMILES string of the molecule is CC(=O)c1ccc(-c2cc(N3CCN(c4ncccc4Cl)CC3C)nc(N3CCOCC3)n2)cc1. The number of piperazine rings is 1. The Bertz CT molecular complexity index is 1200. The fourth-order valence-electron chi connectivity index (χ4n) is 4.60. The highest BCUT2D eigenvalue weighted by atomic mass is 35.5. The van der Waals surface area contributed by atoms with E-state index in [9.17, 15) is 4.79 Å². The zero-order valence-corrected chi connectivity index (χ0v) is 20.8. The van der Waals surface area contributed by atoms with Gasteiger partial charge in [-0.05, 0) is 26.0 Å². The lowest BCUT2D eigenvalue weighted by Crippen LogP contribution is -2.53. The molecule has 35 heavy (non-hydrogen) atoms. The largest absolute Gasteiger partial charge is 0.378 e. The van der Waals surface area contributed by atoms with Crippen molar-refractivity contribution in [2.45, 2.75) is 19.9 Å². The Morgan fingerprint density at radius 1 is 1.03 bits per heavy atom. The number of anilines is 3. The maximum absolute atomic E-state index is 11.7. The normalized spacial score (nSPS) is 18.6. The number of hydrogen-bond acceptors (Lipinski definition) is 8. The third kappa shape index (κ3) is 5.09. The molecule has 9 heteroatoms. The van der Waals surface area contributed by atoms with E-state index in [4.69, 9.17) is 26.3 Å². The lowest BCUT2D eigenvalue weighted by Gasteiger charge is -2.41. The summed E-state index contributed by atoms with van der Waals surface area (Å²) in [6.07, 6.45) is 1.78. The standard InChI is InChI=1S/C26H29ClN6O2/c1-18-17-32(25-22(27)4-3-9-28-25)10-11-33(18)24-16-23(21-7-5-20(6-8-21)19(2)34)29-26(30-24)31-12-14-35-15-13-31/h3-9,16,18H,10-15,17H2,1-2H3. The first-order valence-corrected chi connectivity index (χ1v) is 12.3. The molecular formula is C26H29ClN6O2. The van der Waals surface area contributed by atoms with Gasteiger partial charge in [-0.1, -0.05) is 35.9 Å². The smallest absolute Gasteiger partial charge is 0.228 e. The van der Waals surface area contributed by atoms with E-state index in [1.54, 1.807) is 13.1 Å². The number of pyridine rings is 1. The van der Waals surface area contributed by atoms with Gasteiger partial charge < -0.3 is 19.4 Å². The Kier molecular flexibility index (Phi) is 6.83. The molecule has 8 nitrogen and oxygen atoms in total. The van der Waals surface area contributed by atoms with Crippen molar-refractivity contribution in [2.24, 2.45) is 0 Å². The number of halogens is 1. The van der Waals surface area contributed by atoms with Crippen molar-refractivity contribution in [3.63, 3.8) is 0 Å². The number of hydrogen-bond donors (Lipinski definition) is 0. The number of morpholine rings is 1. The molecule has 0 spiro atoms. The maximum atomic E-state index is 11.7. The average Bonchev–Trinajstić information content (AvgIpc) is 2.89. The second-order valence-corrected chi connectivity index (χ2v) is 9.35. The third-order valence-electron chi connectivity index (χ3n) is 6.54. The zero-order valence-electron chi connectivity index (χ0n) is 20.0. The highest BCUT2D eigenvalue weighted by Crippen LogP contribution is 2.30. The van der Waals surface area contributed by atoms with Crippen LogP contribution in [0.25, 0.3) is 11.3 Å². The number of ether oxygens (including phenoxy) is 1. The van der Waals surface area contributed by atoms with E-state index in [1.807, 2.05) is 42.5 Å². The summed E-state index contributed by atoms with van der Waals surface area (Å²) in [7, 11) is 0. The molecule has 3 aromatic rings. The summed E-state index contributed by atoms with van der Waals surface area (Å²) < 4.78 is 5.54. The monoisotopic (exact) mass is 492 g/mol. The van der Waals surface area contributed by atoms with Crippen molar-refractivity contribution in [1.29, 1.82) is 0 Å². The van der Waals surface area contributed by atoms with Crippen LogP contribution in [-0.4, -0.2) is 72.7 Å². The number of Topliss-reactive ketones (excluding diaryl/α,β-unsaturated/α-hetero) is 1. The predicted molar refractivity (Wildman–Crippen MR) is 139 cm³/mol. The fraction of sp³-hybridized carbons (Fsp3) is 0.385. The molecule has 2 fully saturated rings. The highest BCUT2D eigenvalue weighted by molar-refractivity contribution is 6.32. The summed E-state index contributed by atoms with van der Waals surface area (Å²) in [5, 5.41) is 0.668. The van der Waals surface area contributed by atoms with Crippen LogP contribution in [0.1, 0.15) is 24.2 Å². The quantitative estimate of drug-likeness (QED) is 0.496. The molecule has 4 heterocycles. The fourth-order valence-corrected chi connectivity index (χ4v) is 4.84. The van der Waals surface area contributed by atoms with Gasteiger partial charge in [-0.15, -0.1) is 0 Å². The summed E-state index contributed by atoms with van der Waals surface area (Å²) >= 11 is 6.41. The van der Waals surface area contributed by atoms with Crippen LogP contribution in [0.4, 0.5) is 17.6 Å². The molecule has 2 aliphatic rings. The zero-order chi connectivity index (χ0) is 24.4. The number of rotatable bonds is 5. The van der Waals surface area contributed by atoms with Crippen molar-refractivity contribution >= 4 is 35.0 Å². The van der Waals surface area contributed by atoms with E-state index >= 15 is 0 Å². The van der Waals surface area contributed by atoms with Crippen molar-refractivity contribution in [1.82, 2.24) is 15.0 Å². The van der Waals surface area contributed by atoms with Crippen LogP contribution in [0.2, 0.25) is 5.02 Å². The van der Waals surface area contributed by atoms with E-state index in [0.717, 1.165) is 55.6 Å². The number of ketones is 1. The van der Waals surface area contributed by atoms with Gasteiger partial charge in [0.25, 0.3) is 0 Å². The molecule has 1 atom stereocenters. The third-order valence-corrected chi connectivity index (χ3v) is 6.84. The van der Waals surface area contributed by atoms with Gasteiger partial charge in [0.05, 0.1) is 23.9 Å². The predicted octanol–water partition coefficient (Wildman–Crippen LogP) is 3.95. The van der Waals surface area contributed by atoms with Crippen molar-refractivity contribution in [3.05, 3.63) is 59.2 Å². The first-order valence-electron chi connectivity index (χ1n) is 11.9. The topological polar surface area (TPSA) is 74.7 Å². The molecule has 0 bridgehead atoms. The van der Waals surface area contributed by atoms with Crippen LogP contribution in [-0.2, 0) is 4.74 Å². The average molecular weight is 493 g/mol. The summed E-state index contributed by atoms with van der Waals surface area (Å²) in [5.41, 5.74) is 2.49. The number of benzene rings is 1. The molecule has 2 saturated heterocycles. The first-order chi connectivity index (χ1) is 17.0. The minimum absolute atomic E-state index is 0.0497. The molecule has 2 aromatic heterocycles. The van der Waals surface area contributed by atoms with Crippen LogP contribution in [0.5, 0.6) is 0 Å². The van der Waals surface area contributed by atoms with E-state index in [1.165, 1.54) is 0 Å². The van der Waals surface area contributed by atoms with Crippen LogP contribution in [0, 0.1) is 0 Å². The molecule has 5 rings (SSSR count). The molecule has 0 saturated carbocycles. The van der Waals surface area contributed by atoms with Gasteiger partial charge in [0.1, 0.15) is 11.6 Å². The van der Waals surface area contributed by atoms with E-state index in [2.05, 4.69) is 26.6 Å². The van der Waals surface area contributed by atoms with E-state index in [-0.39, 0.29) is 11.8 Å². The lowest BCUT2D eigenvalue weighted by molar-refractivity contribution is 0.101. The van der Waals surface area contributed by atoms with E-state index < -0.39 is 0 Å². The second-order valence-electron chi connectivity index (χ2n) is 8.94. The molecule has 0 N–H and O–H groups in total. The molecule has 0 aliphatic carbocycles. The van der Waals surface area contributed by atoms with Crippen molar-refractivity contribution < 1.29 is 9.53 Å². The Hall–Kier alpha value is -3.23. The van der Waals surface area contributed by atoms with Crippen molar-refractivity contribution in [3.8, 4) is 11.3 Å². The van der Waals surface area contributed by atoms with E-state index in [0.29, 0.717) is 29.7 Å². The van der Waals surface area contributed by atoms with Gasteiger partial charge in [0.15, 0.2) is 5.78 Å². The number of aromatic nitrogens is 3. The molecule has 2 aliphatic heterocycles. The summed E-state index contributed by atoms with van der Waals surface area (Å²) in [6, 6.07) is 13.6. The van der Waals surface area contributed by atoms with Gasteiger partial charge in [-0.3, -0.25) is 4.79 Å². The minimum Gasteiger partial charge on any atom is -0.378 e. The van der Waals surface area contributed by atoms with Crippen LogP contribution in [0.3, 0.4) is 0 Å². The molecule has 0 radical (unpaired) electrons. The highest BCUT2D eigenvalue weighted by Gasteiger charge is 2.28. The van der Waals surface area contributed by atoms with Gasteiger partial charge in [0.2, 0.25) is 5.95 Å². The van der Waals surface area contributed by atoms with Crippen molar-refractivity contribution in [2.75, 3.05) is 60.6 Å². The van der Waals surface area contributed by atoms with Gasteiger partial charge in [-0.25, -0.2) is 9.97 Å². The Labute approximate surface area is 210 Å². The summed E-state index contributed by atoms with van der Waals surface area (Å²) in [4.78, 5) is 32.8. The summed E-state index contributed by atoms with van der Waals surface area (Å²) in [6.45, 7) is 8.98. The Morgan fingerprint density at radius 3 is 2.49 bits per heavy atom. The summed E-state index contributed by atoms with van der Waals surface area (Å²) in [5.74, 6) is 2.47. The second kappa shape index (κ2) is 10.2. The maximum Gasteiger partial charge on any atom is 0.228 e. The van der Waals surface area contributed by atoms with Gasteiger partial charge in [-0.2, -0.15) is 4.98 Å². The molecule has 0 amide bonds. The Balaban J connectivity index is 1.46. The van der Waals surface area contributed by atoms with Crippen LogP contribution in [0.15, 0.2) is 48.7 Å². The van der Waals surface area contributed by atoms with Gasteiger partial charge in [0, 0.05) is 62.2 Å². The Morgan fingerprint density at radius 2 is 1.80 bits per heavy atom. The molecule has 182 valence electrons. The number of carbonyl (C=O) groups excluding carboxylic acids is 1. The molecule has 1 unspecified atom stereocenters. The lowest BCUT2D eigenvalue weighted by atomic mass is 10.1. The first kappa shape index (κ1) is 23.5. The van der Waals surface area contributed by atoms with Crippen LogP contribution >= 0.6 is 11.6 Å². The van der Waals surface area contributed by atoms with Gasteiger partial charge >= 0.3 is 0 Å². The molecular weight excluding hydrogens is 464 g/mol. The molecule has 1 aromatic carbocycles. The van der Waals surface area contributed by atoms with Crippen LogP contribution < -0.4 is 14.7 Å². The minimum atomic E-state index is 0.0497. The number of nitrogens with zero attached hydrogens (tertiary/aromatic N) is 6.